The smallest absolute Gasteiger partial charge is 0.227 e. The Balaban J connectivity index is 1.19. The quantitative estimate of drug-likeness (QED) is 0.201. The predicted octanol–water partition coefficient (Wildman–Crippen LogP) is 11.2. The zero-order valence-corrected chi connectivity index (χ0v) is 25.1. The number of fused-ring (bicyclic) bond motifs is 6. The van der Waals surface area contributed by atoms with Gasteiger partial charge in [0.2, 0.25) is 11.8 Å². The van der Waals surface area contributed by atoms with Crippen LogP contribution in [0.3, 0.4) is 0 Å². The van der Waals surface area contributed by atoms with Crippen LogP contribution in [0.5, 0.6) is 0 Å². The van der Waals surface area contributed by atoms with Crippen molar-refractivity contribution in [2.75, 3.05) is 0 Å². The highest BCUT2D eigenvalue weighted by molar-refractivity contribution is 6.11. The van der Waals surface area contributed by atoms with E-state index in [4.69, 9.17) is 18.8 Å². The molecule has 10 aromatic rings. The molecule has 0 fully saturated rings. The largest absolute Gasteiger partial charge is 0.436 e. The topological polar surface area (TPSA) is 57.0 Å². The average molecular weight is 604 g/mol. The monoisotopic (exact) mass is 603 g/mol. The van der Waals surface area contributed by atoms with Gasteiger partial charge in [-0.05, 0) is 101 Å². The van der Waals surface area contributed by atoms with Gasteiger partial charge in [-0.2, -0.15) is 0 Å². The minimum absolute atomic E-state index is 0.599. The first-order chi connectivity index (χ1) is 23.2. The van der Waals surface area contributed by atoms with Crippen molar-refractivity contribution in [2.45, 2.75) is 0 Å². The molecule has 0 saturated heterocycles. The van der Waals surface area contributed by atoms with Gasteiger partial charge in [-0.15, -0.1) is 0 Å². The van der Waals surface area contributed by atoms with Gasteiger partial charge in [-0.25, -0.2) is 9.97 Å². The summed E-state index contributed by atoms with van der Waals surface area (Å²) in [5, 5.41) is 4.65. The molecule has 3 aromatic heterocycles. The number of benzene rings is 7. The maximum absolute atomic E-state index is 6.19. The number of oxazole rings is 2. The van der Waals surface area contributed by atoms with E-state index in [1.807, 2.05) is 48.5 Å². The highest BCUT2D eigenvalue weighted by Crippen LogP contribution is 2.38. The molecule has 0 aliphatic rings. The van der Waals surface area contributed by atoms with E-state index in [1.165, 1.54) is 16.3 Å². The van der Waals surface area contributed by atoms with Gasteiger partial charge in [-0.1, -0.05) is 72.8 Å². The fraction of sp³-hybridized carbons (Fsp3) is 0. The molecular formula is C42H25N3O2. The van der Waals surface area contributed by atoms with Crippen LogP contribution in [0.2, 0.25) is 0 Å². The lowest BCUT2D eigenvalue weighted by Gasteiger charge is -2.11. The van der Waals surface area contributed by atoms with Crippen molar-refractivity contribution < 1.29 is 8.83 Å². The van der Waals surface area contributed by atoms with Crippen LogP contribution in [-0.4, -0.2) is 14.5 Å². The number of rotatable bonds is 4. The van der Waals surface area contributed by atoms with Crippen LogP contribution in [0, 0.1) is 0 Å². The second kappa shape index (κ2) is 10.0. The Morgan fingerprint density at radius 3 is 1.60 bits per heavy atom. The number of nitrogens with zero attached hydrogens (tertiary/aromatic N) is 3. The van der Waals surface area contributed by atoms with Crippen molar-refractivity contribution in [2.24, 2.45) is 0 Å². The van der Waals surface area contributed by atoms with Crippen molar-refractivity contribution in [3.63, 3.8) is 0 Å². The molecule has 220 valence electrons. The third kappa shape index (κ3) is 4.17. The lowest BCUT2D eigenvalue weighted by atomic mass is 10.0. The summed E-state index contributed by atoms with van der Waals surface area (Å²) in [5.74, 6) is 1.20. The van der Waals surface area contributed by atoms with Crippen LogP contribution in [-0.2, 0) is 0 Å². The second-order valence-electron chi connectivity index (χ2n) is 11.9. The number of para-hydroxylation sites is 4. The molecule has 47 heavy (non-hydrogen) atoms. The predicted molar refractivity (Wildman–Crippen MR) is 190 cm³/mol. The lowest BCUT2D eigenvalue weighted by molar-refractivity contribution is 0.619. The Labute approximate surface area is 269 Å². The van der Waals surface area contributed by atoms with Gasteiger partial charge in [0.15, 0.2) is 11.2 Å². The number of aromatic nitrogens is 3. The molecule has 0 saturated carbocycles. The van der Waals surface area contributed by atoms with E-state index in [9.17, 15) is 0 Å². The molecule has 0 unspecified atom stereocenters. The van der Waals surface area contributed by atoms with E-state index < -0.39 is 0 Å². The molecule has 0 spiro atoms. The van der Waals surface area contributed by atoms with E-state index in [2.05, 4.69) is 108 Å². The van der Waals surface area contributed by atoms with E-state index in [0.717, 1.165) is 66.4 Å². The maximum Gasteiger partial charge on any atom is 0.227 e. The highest BCUT2D eigenvalue weighted by Gasteiger charge is 2.18. The third-order valence-electron chi connectivity index (χ3n) is 9.03. The Bertz CT molecular complexity index is 2620. The van der Waals surface area contributed by atoms with Crippen molar-refractivity contribution in [1.82, 2.24) is 14.5 Å². The fourth-order valence-corrected chi connectivity index (χ4v) is 6.75. The first-order valence-corrected chi connectivity index (χ1v) is 15.6. The summed E-state index contributed by atoms with van der Waals surface area (Å²) in [7, 11) is 0. The molecule has 3 heterocycles. The van der Waals surface area contributed by atoms with Crippen LogP contribution >= 0.6 is 0 Å². The SMILES string of the molecule is c1cc(-c2ccc3ccccc3c2)cc(-n2c3ccc(-c4nc5ccccc5o4)cc3c3cc(-c4nc5ccccc5o4)ccc32)c1. The van der Waals surface area contributed by atoms with Crippen LogP contribution in [0.15, 0.2) is 160 Å². The molecule has 5 nitrogen and oxygen atoms in total. The van der Waals surface area contributed by atoms with Gasteiger partial charge in [0.1, 0.15) is 11.0 Å². The third-order valence-corrected chi connectivity index (χ3v) is 9.03. The van der Waals surface area contributed by atoms with Crippen molar-refractivity contribution >= 4 is 54.8 Å². The summed E-state index contributed by atoms with van der Waals surface area (Å²) in [6.07, 6.45) is 0. The summed E-state index contributed by atoms with van der Waals surface area (Å²) >= 11 is 0. The normalized spacial score (nSPS) is 11.8. The van der Waals surface area contributed by atoms with E-state index in [-0.39, 0.29) is 0 Å². The van der Waals surface area contributed by atoms with E-state index in [1.54, 1.807) is 0 Å². The average Bonchev–Trinajstić information content (AvgIpc) is 3.85. The van der Waals surface area contributed by atoms with Gasteiger partial charge in [0, 0.05) is 27.6 Å². The first kappa shape index (κ1) is 25.8. The lowest BCUT2D eigenvalue weighted by Crippen LogP contribution is -1.94. The highest BCUT2D eigenvalue weighted by atomic mass is 16.4. The Kier molecular flexibility index (Phi) is 5.51. The van der Waals surface area contributed by atoms with E-state index >= 15 is 0 Å². The molecule has 0 bridgehead atoms. The zero-order valence-electron chi connectivity index (χ0n) is 25.1. The van der Waals surface area contributed by atoms with Crippen molar-refractivity contribution in [3.8, 4) is 39.7 Å². The fourth-order valence-electron chi connectivity index (χ4n) is 6.75. The molecule has 0 aliphatic heterocycles. The molecule has 10 rings (SSSR count). The Morgan fingerprint density at radius 2 is 0.957 bits per heavy atom. The van der Waals surface area contributed by atoms with Gasteiger partial charge in [0.05, 0.1) is 11.0 Å². The summed E-state index contributed by atoms with van der Waals surface area (Å²) in [6.45, 7) is 0. The number of hydrogen-bond donors (Lipinski definition) is 0. The maximum atomic E-state index is 6.19. The minimum atomic E-state index is 0.599. The van der Waals surface area contributed by atoms with Crippen molar-refractivity contribution in [3.05, 3.63) is 152 Å². The van der Waals surface area contributed by atoms with E-state index in [0.29, 0.717) is 11.8 Å². The molecule has 0 amide bonds. The van der Waals surface area contributed by atoms with Crippen LogP contribution in [0.25, 0.3) is 94.5 Å². The molecule has 0 aliphatic carbocycles. The zero-order chi connectivity index (χ0) is 30.9. The summed E-state index contributed by atoms with van der Waals surface area (Å²) in [6, 6.07) is 52.5. The van der Waals surface area contributed by atoms with Crippen LogP contribution in [0.1, 0.15) is 0 Å². The van der Waals surface area contributed by atoms with Crippen molar-refractivity contribution in [1.29, 1.82) is 0 Å². The first-order valence-electron chi connectivity index (χ1n) is 15.6. The molecule has 7 aromatic carbocycles. The second-order valence-corrected chi connectivity index (χ2v) is 11.9. The minimum Gasteiger partial charge on any atom is -0.436 e. The summed E-state index contributed by atoms with van der Waals surface area (Å²) in [4.78, 5) is 9.59. The van der Waals surface area contributed by atoms with Gasteiger partial charge in [0.25, 0.3) is 0 Å². The van der Waals surface area contributed by atoms with Gasteiger partial charge < -0.3 is 13.4 Å². The van der Waals surface area contributed by atoms with Crippen LogP contribution < -0.4 is 0 Å². The standard InChI is InChI=1S/C42H25N3O2/c1-2-9-27-22-29(17-16-26(27)8-1)28-10-7-11-32(23-28)45-37-20-18-30(41-43-35-12-3-5-14-39(35)46-41)24-33(37)34-25-31(19-21-38(34)45)42-44-36-13-4-6-15-40(36)47-42/h1-25H. The molecule has 0 N–H and O–H groups in total. The molecule has 0 radical (unpaired) electrons. The Hall–Kier alpha value is -6.46. The molecular weight excluding hydrogens is 578 g/mol. The summed E-state index contributed by atoms with van der Waals surface area (Å²) < 4.78 is 14.7. The van der Waals surface area contributed by atoms with Crippen LogP contribution in [0.4, 0.5) is 0 Å². The molecule has 0 atom stereocenters. The number of hydrogen-bond acceptors (Lipinski definition) is 4. The van der Waals surface area contributed by atoms with Gasteiger partial charge in [-0.3, -0.25) is 0 Å². The summed E-state index contributed by atoms with van der Waals surface area (Å²) in [5.41, 5.74) is 10.7. The Morgan fingerprint density at radius 1 is 0.404 bits per heavy atom. The van der Waals surface area contributed by atoms with Gasteiger partial charge >= 0.3 is 0 Å². The molecule has 5 heteroatoms.